The van der Waals surface area contributed by atoms with Crippen molar-refractivity contribution in [2.24, 2.45) is 0 Å². The highest BCUT2D eigenvalue weighted by atomic mass is 15.4. The molecule has 2 nitrogen and oxygen atoms in total. The zero-order chi connectivity index (χ0) is 13.7. The van der Waals surface area contributed by atoms with Crippen LogP contribution < -0.4 is 9.80 Å². The normalized spacial score (nSPS) is 17.9. The van der Waals surface area contributed by atoms with Crippen LogP contribution in [-0.4, -0.2) is 19.8 Å². The summed E-state index contributed by atoms with van der Waals surface area (Å²) in [7, 11) is 2.20. The van der Waals surface area contributed by atoms with E-state index in [4.69, 9.17) is 0 Å². The predicted octanol–water partition coefficient (Wildman–Crippen LogP) is 4.65. The number of hydrogen-bond acceptors (Lipinski definition) is 2. The lowest BCUT2D eigenvalue weighted by atomic mass is 10.1. The molecule has 1 aliphatic heterocycles. The molecule has 2 rings (SSSR count). The summed E-state index contributed by atoms with van der Waals surface area (Å²) in [5.41, 5.74) is 2.78. The monoisotopic (exact) mass is 260 g/mol. The third-order valence-corrected chi connectivity index (χ3v) is 4.34. The highest BCUT2D eigenvalue weighted by Gasteiger charge is 2.28. The first-order valence-corrected chi connectivity index (χ1v) is 7.84. The van der Waals surface area contributed by atoms with Gasteiger partial charge < -0.3 is 9.80 Å². The summed E-state index contributed by atoms with van der Waals surface area (Å²) in [6.45, 7) is 5.77. The molecule has 0 fully saturated rings. The molecular weight excluding hydrogens is 232 g/mol. The topological polar surface area (TPSA) is 6.48 Å². The Balaban J connectivity index is 1.84. The van der Waals surface area contributed by atoms with Crippen LogP contribution in [0.25, 0.3) is 0 Å². The molecule has 1 unspecified atom stereocenters. The number of para-hydroxylation sites is 2. The van der Waals surface area contributed by atoms with Crippen molar-refractivity contribution in [3.63, 3.8) is 0 Å². The van der Waals surface area contributed by atoms with E-state index in [0.717, 1.165) is 0 Å². The van der Waals surface area contributed by atoms with Crippen molar-refractivity contribution in [1.82, 2.24) is 0 Å². The van der Waals surface area contributed by atoms with Crippen molar-refractivity contribution in [2.75, 3.05) is 23.4 Å². The Hall–Kier alpha value is -1.18. The van der Waals surface area contributed by atoms with Gasteiger partial charge in [0.25, 0.3) is 0 Å². The summed E-state index contributed by atoms with van der Waals surface area (Å²) in [4.78, 5) is 4.93. The van der Waals surface area contributed by atoms with Gasteiger partial charge in [-0.2, -0.15) is 0 Å². The van der Waals surface area contributed by atoms with Gasteiger partial charge in [-0.1, -0.05) is 51.2 Å². The van der Waals surface area contributed by atoms with Gasteiger partial charge >= 0.3 is 0 Å². The van der Waals surface area contributed by atoms with E-state index in [-0.39, 0.29) is 0 Å². The standard InChI is InChI=1S/C17H28N2/c1-4-5-6-7-8-11-14-19-15(2)18(3)16-12-9-10-13-17(16)19/h9-10,12-13,15H,4-8,11,14H2,1-3H3. The summed E-state index contributed by atoms with van der Waals surface area (Å²) in [5, 5.41) is 0. The summed E-state index contributed by atoms with van der Waals surface area (Å²) in [6, 6.07) is 8.77. The van der Waals surface area contributed by atoms with Crippen LogP contribution in [-0.2, 0) is 0 Å². The van der Waals surface area contributed by atoms with Crippen LogP contribution in [0.4, 0.5) is 11.4 Å². The molecule has 0 bridgehead atoms. The number of nitrogens with zero attached hydrogens (tertiary/aromatic N) is 2. The molecule has 106 valence electrons. The van der Waals surface area contributed by atoms with Gasteiger partial charge in [0.15, 0.2) is 0 Å². The highest BCUT2D eigenvalue weighted by molar-refractivity contribution is 5.76. The maximum atomic E-state index is 2.55. The second kappa shape index (κ2) is 6.83. The van der Waals surface area contributed by atoms with Gasteiger partial charge in [-0.25, -0.2) is 0 Å². The van der Waals surface area contributed by atoms with Crippen LogP contribution in [0.1, 0.15) is 52.4 Å². The minimum absolute atomic E-state index is 0.494. The molecule has 1 aromatic rings. The maximum Gasteiger partial charge on any atom is 0.0985 e. The first-order chi connectivity index (χ1) is 9.25. The number of hydrogen-bond donors (Lipinski definition) is 0. The lowest BCUT2D eigenvalue weighted by Crippen LogP contribution is -2.39. The molecule has 1 aliphatic rings. The molecule has 0 N–H and O–H groups in total. The van der Waals surface area contributed by atoms with Crippen LogP contribution in [0, 0.1) is 0 Å². The van der Waals surface area contributed by atoms with Crippen molar-refractivity contribution in [3.8, 4) is 0 Å². The lowest BCUT2D eigenvalue weighted by molar-refractivity contribution is 0.577. The third-order valence-electron chi connectivity index (χ3n) is 4.34. The zero-order valence-electron chi connectivity index (χ0n) is 12.7. The van der Waals surface area contributed by atoms with Crippen molar-refractivity contribution < 1.29 is 0 Å². The minimum atomic E-state index is 0.494. The predicted molar refractivity (Wildman–Crippen MR) is 85.0 cm³/mol. The molecule has 0 aliphatic carbocycles. The van der Waals surface area contributed by atoms with Crippen LogP contribution in [0.15, 0.2) is 24.3 Å². The van der Waals surface area contributed by atoms with Gasteiger partial charge in [0.05, 0.1) is 17.5 Å². The molecular formula is C17H28N2. The van der Waals surface area contributed by atoms with Crippen molar-refractivity contribution in [3.05, 3.63) is 24.3 Å². The van der Waals surface area contributed by atoms with Gasteiger partial charge in [-0.15, -0.1) is 0 Å². The molecule has 0 amide bonds. The molecule has 0 saturated carbocycles. The van der Waals surface area contributed by atoms with Gasteiger partial charge in [-0.05, 0) is 25.5 Å². The fraction of sp³-hybridized carbons (Fsp3) is 0.647. The minimum Gasteiger partial charge on any atom is -0.353 e. The van der Waals surface area contributed by atoms with Crippen molar-refractivity contribution in [2.45, 2.75) is 58.5 Å². The van der Waals surface area contributed by atoms with E-state index >= 15 is 0 Å². The number of unbranched alkanes of at least 4 members (excludes halogenated alkanes) is 5. The second-order valence-corrected chi connectivity index (χ2v) is 5.69. The van der Waals surface area contributed by atoms with Gasteiger partial charge in [0, 0.05) is 13.6 Å². The number of fused-ring (bicyclic) bond motifs is 1. The Labute approximate surface area is 118 Å². The van der Waals surface area contributed by atoms with E-state index in [1.54, 1.807) is 0 Å². The molecule has 0 radical (unpaired) electrons. The molecule has 0 saturated heterocycles. The average molecular weight is 260 g/mol. The van der Waals surface area contributed by atoms with E-state index in [0.29, 0.717) is 6.17 Å². The van der Waals surface area contributed by atoms with Crippen LogP contribution in [0.3, 0.4) is 0 Å². The number of rotatable bonds is 7. The van der Waals surface area contributed by atoms with E-state index in [2.05, 4.69) is 55.0 Å². The van der Waals surface area contributed by atoms with Gasteiger partial charge in [-0.3, -0.25) is 0 Å². The van der Waals surface area contributed by atoms with Crippen LogP contribution >= 0.6 is 0 Å². The second-order valence-electron chi connectivity index (χ2n) is 5.69. The Morgan fingerprint density at radius 3 is 2.32 bits per heavy atom. The van der Waals surface area contributed by atoms with E-state index in [1.807, 2.05) is 0 Å². The molecule has 0 aromatic heterocycles. The fourth-order valence-electron chi connectivity index (χ4n) is 2.99. The summed E-state index contributed by atoms with van der Waals surface area (Å²) < 4.78 is 0. The highest BCUT2D eigenvalue weighted by Crippen LogP contribution is 2.38. The fourth-order valence-corrected chi connectivity index (χ4v) is 2.99. The average Bonchev–Trinajstić information content (AvgIpc) is 2.68. The number of anilines is 2. The molecule has 19 heavy (non-hydrogen) atoms. The Kier molecular flexibility index (Phi) is 5.12. The van der Waals surface area contributed by atoms with Gasteiger partial charge in [0.1, 0.15) is 0 Å². The molecule has 1 aromatic carbocycles. The van der Waals surface area contributed by atoms with Crippen molar-refractivity contribution in [1.29, 1.82) is 0 Å². The van der Waals surface area contributed by atoms with Crippen LogP contribution in [0.2, 0.25) is 0 Å². The largest absolute Gasteiger partial charge is 0.353 e. The van der Waals surface area contributed by atoms with E-state index < -0.39 is 0 Å². The van der Waals surface area contributed by atoms with Crippen molar-refractivity contribution >= 4 is 11.4 Å². The summed E-state index contributed by atoms with van der Waals surface area (Å²) >= 11 is 0. The first-order valence-electron chi connectivity index (χ1n) is 7.84. The molecule has 1 heterocycles. The quantitative estimate of drug-likeness (QED) is 0.658. The van der Waals surface area contributed by atoms with Gasteiger partial charge in [0.2, 0.25) is 0 Å². The Morgan fingerprint density at radius 2 is 1.58 bits per heavy atom. The molecule has 0 spiro atoms. The summed E-state index contributed by atoms with van der Waals surface area (Å²) in [5.74, 6) is 0. The maximum absolute atomic E-state index is 2.55. The smallest absolute Gasteiger partial charge is 0.0985 e. The molecule has 2 heteroatoms. The van der Waals surface area contributed by atoms with E-state index in [1.165, 1.54) is 56.4 Å². The molecule has 1 atom stereocenters. The van der Waals surface area contributed by atoms with E-state index in [9.17, 15) is 0 Å². The number of benzene rings is 1. The summed E-state index contributed by atoms with van der Waals surface area (Å²) in [6.07, 6.45) is 8.71. The first kappa shape index (κ1) is 14.2. The van der Waals surface area contributed by atoms with Crippen LogP contribution in [0.5, 0.6) is 0 Å². The zero-order valence-corrected chi connectivity index (χ0v) is 12.7. The Morgan fingerprint density at radius 1 is 0.947 bits per heavy atom. The Bertz CT molecular complexity index is 389. The SMILES string of the molecule is CCCCCCCCN1c2ccccc2N(C)C1C. The lowest BCUT2D eigenvalue weighted by Gasteiger charge is -2.27. The third kappa shape index (κ3) is 3.23.